The number of carboxylic acids is 6. The van der Waals surface area contributed by atoms with E-state index in [0.29, 0.717) is 12.8 Å². The third-order valence-electron chi connectivity index (χ3n) is 14.1. The second-order valence-electron chi connectivity index (χ2n) is 19.8. The summed E-state index contributed by atoms with van der Waals surface area (Å²) in [4.78, 5) is 83.6. The number of nitrogens with two attached hydrogens (primary N) is 6. The van der Waals surface area contributed by atoms with E-state index in [1.54, 1.807) is 0 Å². The first kappa shape index (κ1) is 70.4. The number of guanidine groups is 6. The summed E-state index contributed by atoms with van der Waals surface area (Å²) in [6.07, 6.45) is -0.304. The highest BCUT2D eigenvalue weighted by atomic mass is 16.4. The Bertz CT molecular complexity index is 1820. The topological polar surface area (TPSA) is 595 Å². The summed E-state index contributed by atoms with van der Waals surface area (Å²) in [7, 11) is 0. The van der Waals surface area contributed by atoms with Gasteiger partial charge >= 0.3 is 35.8 Å². The second kappa shape index (κ2) is 39.8. The molecule has 78 heavy (non-hydrogen) atoms. The number of carboxylic acid groups (broad SMARTS) is 6. The van der Waals surface area contributed by atoms with Crippen LogP contribution < -0.4 is 66.3 Å². The predicted molar refractivity (Wildman–Crippen MR) is 293 cm³/mol. The molecule has 30 nitrogen and oxygen atoms in total. The second-order valence-corrected chi connectivity index (χ2v) is 19.8. The Morgan fingerprint density at radius 1 is 0.295 bits per heavy atom. The normalized spacial score (nSPS) is 14.9. The summed E-state index contributed by atoms with van der Waals surface area (Å²) in [5.74, 6) is -26.9. The van der Waals surface area contributed by atoms with Gasteiger partial charge in [0.25, 0.3) is 0 Å². The molecule has 446 valence electrons. The Balaban J connectivity index is 9.21. The Kier molecular flexibility index (Phi) is 35.9. The van der Waals surface area contributed by atoms with Gasteiger partial charge in [0, 0.05) is 39.3 Å². The van der Waals surface area contributed by atoms with Crippen LogP contribution in [-0.4, -0.2) is 141 Å². The van der Waals surface area contributed by atoms with E-state index in [9.17, 15) is 59.4 Å². The van der Waals surface area contributed by atoms with Gasteiger partial charge in [-0.05, 0) is 114 Å². The quantitative estimate of drug-likeness (QED) is 0.0222. The van der Waals surface area contributed by atoms with Gasteiger partial charge in [0.1, 0.15) is 0 Å². The van der Waals surface area contributed by atoms with E-state index in [4.69, 9.17) is 66.9 Å². The van der Waals surface area contributed by atoms with Crippen LogP contribution in [0.1, 0.15) is 128 Å². The third kappa shape index (κ3) is 30.9. The van der Waals surface area contributed by atoms with E-state index in [2.05, 4.69) is 31.9 Å². The summed E-state index contributed by atoms with van der Waals surface area (Å²) in [5.41, 5.74) is 32.9. The van der Waals surface area contributed by atoms with Crippen molar-refractivity contribution in [1.82, 2.24) is 31.9 Å². The molecule has 6 unspecified atom stereocenters. The maximum Gasteiger partial charge on any atom is 0.306 e. The van der Waals surface area contributed by atoms with Gasteiger partial charge in [0.15, 0.2) is 35.8 Å². The lowest BCUT2D eigenvalue weighted by molar-refractivity contribution is -0.164. The minimum absolute atomic E-state index is 0.0455. The molecule has 0 heterocycles. The lowest BCUT2D eigenvalue weighted by atomic mass is 9.55. The first-order chi connectivity index (χ1) is 36.7. The van der Waals surface area contributed by atoms with Crippen LogP contribution in [0.25, 0.3) is 0 Å². The lowest BCUT2D eigenvalue weighted by Gasteiger charge is -2.48. The summed E-state index contributed by atoms with van der Waals surface area (Å²) in [6, 6.07) is 0. The fraction of sp³-hybridized carbons (Fsp3) is 0.750. The number of unbranched alkanes of at least 4 members (excludes halogenated alkanes) is 6. The number of rotatable bonds is 47. The highest BCUT2D eigenvalue weighted by molar-refractivity contribution is 5.78. The van der Waals surface area contributed by atoms with Crippen LogP contribution in [0.2, 0.25) is 0 Å². The molecule has 0 aliphatic rings. The average Bonchev–Trinajstić information content (AvgIpc) is 3.32. The van der Waals surface area contributed by atoms with Gasteiger partial charge in [-0.15, -0.1) is 0 Å². The zero-order valence-corrected chi connectivity index (χ0v) is 44.8. The SMILES string of the molecule is N=C(N)NCCCCC(C[C@H](C(CCCCNC(=N)N)C(=O)O)[C@@H](C(CCCCNC(=N)N)C(=O)O)[C@H](C(CCCCNC(=N)N)C(=O)O)C(C[C@@H](CCCCNC(=N)N)C(=O)O)C(CCCCNC(=N)N)C(=O)O)C(=O)O. The molecule has 30 N–H and O–H groups in total. The first-order valence-corrected chi connectivity index (χ1v) is 26.6. The molecular formula is C48H92N18O12. The Hall–Kier alpha value is -7.56. The van der Waals surface area contributed by atoms with Crippen LogP contribution in [0.5, 0.6) is 0 Å². The fourth-order valence-electron chi connectivity index (χ4n) is 10.6. The molecule has 0 amide bonds. The van der Waals surface area contributed by atoms with Crippen molar-refractivity contribution in [3.05, 3.63) is 0 Å². The van der Waals surface area contributed by atoms with Crippen molar-refractivity contribution in [1.29, 1.82) is 32.5 Å². The van der Waals surface area contributed by atoms with Crippen molar-refractivity contribution in [2.75, 3.05) is 39.3 Å². The van der Waals surface area contributed by atoms with Gasteiger partial charge in [-0.25, -0.2) is 0 Å². The Labute approximate surface area is 455 Å². The van der Waals surface area contributed by atoms with E-state index in [1.807, 2.05) is 0 Å². The van der Waals surface area contributed by atoms with Crippen LogP contribution in [0.4, 0.5) is 0 Å². The zero-order chi connectivity index (χ0) is 59.3. The van der Waals surface area contributed by atoms with Crippen molar-refractivity contribution in [3.63, 3.8) is 0 Å². The van der Waals surface area contributed by atoms with Gasteiger partial charge in [-0.1, -0.05) is 38.5 Å². The largest absolute Gasteiger partial charge is 0.481 e. The van der Waals surface area contributed by atoms with Crippen molar-refractivity contribution in [3.8, 4) is 0 Å². The monoisotopic (exact) mass is 1110 g/mol. The molecule has 0 aliphatic carbocycles. The number of hydrogen-bond acceptors (Lipinski definition) is 12. The molecule has 0 fully saturated rings. The maximum absolute atomic E-state index is 14.3. The summed E-state index contributed by atoms with van der Waals surface area (Å²) in [6.45, 7) is 0.738. The molecule has 0 bridgehead atoms. The molecule has 0 aliphatic heterocycles. The highest BCUT2D eigenvalue weighted by Crippen LogP contribution is 2.52. The van der Waals surface area contributed by atoms with Gasteiger partial charge in [0.05, 0.1) is 35.5 Å². The molecule has 0 spiro atoms. The van der Waals surface area contributed by atoms with E-state index < -0.39 is 108 Å². The molecule has 0 aromatic rings. The van der Waals surface area contributed by atoms with Gasteiger partial charge in [0.2, 0.25) is 0 Å². The molecule has 0 aromatic carbocycles. The summed E-state index contributed by atoms with van der Waals surface area (Å²) >= 11 is 0. The van der Waals surface area contributed by atoms with Crippen LogP contribution in [-0.2, 0) is 28.8 Å². The fourth-order valence-corrected chi connectivity index (χ4v) is 10.6. The minimum atomic E-state index is -1.72. The average molecular weight is 1110 g/mol. The van der Waals surface area contributed by atoms with E-state index in [1.165, 1.54) is 0 Å². The number of aliphatic carboxylic acids is 6. The molecule has 30 heteroatoms. The molecule has 0 rings (SSSR count). The highest BCUT2D eigenvalue weighted by Gasteiger charge is 2.53. The van der Waals surface area contributed by atoms with E-state index >= 15 is 0 Å². The molecule has 0 radical (unpaired) electrons. The number of nitrogens with one attached hydrogen (secondary N) is 12. The van der Waals surface area contributed by atoms with Gasteiger partial charge in [-0.3, -0.25) is 61.2 Å². The number of hydrogen-bond donors (Lipinski definition) is 24. The van der Waals surface area contributed by atoms with Crippen LogP contribution in [0, 0.1) is 91.6 Å². The van der Waals surface area contributed by atoms with Crippen molar-refractivity contribution >= 4 is 71.6 Å². The molecule has 0 saturated carbocycles. The van der Waals surface area contributed by atoms with Crippen LogP contribution >= 0.6 is 0 Å². The van der Waals surface area contributed by atoms with Crippen LogP contribution in [0.3, 0.4) is 0 Å². The zero-order valence-electron chi connectivity index (χ0n) is 44.8. The Morgan fingerprint density at radius 3 is 0.667 bits per heavy atom. The predicted octanol–water partition coefficient (Wildman–Crippen LogP) is 0.356. The molecule has 0 aromatic heterocycles. The smallest absolute Gasteiger partial charge is 0.306 e. The summed E-state index contributed by atoms with van der Waals surface area (Å²) < 4.78 is 0. The molecule has 0 saturated heterocycles. The van der Waals surface area contributed by atoms with Crippen molar-refractivity contribution in [2.24, 2.45) is 93.6 Å². The van der Waals surface area contributed by atoms with Crippen LogP contribution in [0.15, 0.2) is 0 Å². The molecular weight excluding hydrogens is 1020 g/mol. The first-order valence-electron chi connectivity index (χ1n) is 26.6. The minimum Gasteiger partial charge on any atom is -0.481 e. The standard InChI is InChI=1S/C48H92N18O12/c49-43(50)61-19-7-1-13-27(37(67)68)25-33(29(39(71)72)15-3-9-21-63-45(53)54)35(31(41(75)76)17-5-11-23-65-47(57)58)36(32(42(77)78)18-6-12-24-66-48(59)60)34(30(40(73)74)16-4-10-22-64-46(55)56)26-28(38(69)70)14-2-8-20-62-44(51)52/h27-36H,1-26H2,(H,67,68)(H,69,70)(H,71,72)(H,73,74)(H,75,76)(H,77,78)(H4,49,50,61)(H4,51,52,62)(H4,53,54,63)(H4,55,56,64)(H4,57,58,65)(H4,59,60,66)/t27-,28?,29?,30?,31?,32?,33?,34-,35-,36-/m1/s1. The summed E-state index contributed by atoms with van der Waals surface area (Å²) in [5, 5.41) is 129. The lowest BCUT2D eigenvalue weighted by Crippen LogP contribution is -2.50. The molecule has 10 atom stereocenters. The van der Waals surface area contributed by atoms with Crippen molar-refractivity contribution in [2.45, 2.75) is 128 Å². The van der Waals surface area contributed by atoms with E-state index in [-0.39, 0.29) is 178 Å². The third-order valence-corrected chi connectivity index (χ3v) is 14.1. The van der Waals surface area contributed by atoms with Crippen molar-refractivity contribution < 1.29 is 59.4 Å². The maximum atomic E-state index is 14.3. The number of carbonyl (C=O) groups is 6. The van der Waals surface area contributed by atoms with Gasteiger partial charge in [-0.2, -0.15) is 0 Å². The Morgan fingerprint density at radius 2 is 0.487 bits per heavy atom. The van der Waals surface area contributed by atoms with E-state index in [0.717, 1.165) is 0 Å². The van der Waals surface area contributed by atoms with Gasteiger partial charge < -0.3 is 96.9 Å².